The molecule has 0 unspecified atom stereocenters. The maximum Gasteiger partial charge on any atom is 0.0553 e. The molecule has 0 rings (SSSR count). The zero-order valence-corrected chi connectivity index (χ0v) is 6.82. The van der Waals surface area contributed by atoms with Gasteiger partial charge in [-0.1, -0.05) is 28.7 Å². The van der Waals surface area contributed by atoms with Crippen LogP contribution in [-0.4, -0.2) is 26.7 Å². The van der Waals surface area contributed by atoms with Crippen LogP contribution < -0.4 is 0 Å². The summed E-state index contributed by atoms with van der Waals surface area (Å²) < 4.78 is 0. The monoisotopic (exact) mass is 169 g/mol. The van der Waals surface area contributed by atoms with E-state index in [1.807, 2.05) is 14.0 Å². The van der Waals surface area contributed by atoms with E-state index in [9.17, 15) is 0 Å². The van der Waals surface area contributed by atoms with E-state index < -0.39 is 0 Å². The van der Waals surface area contributed by atoms with E-state index >= 15 is 0 Å². The van der Waals surface area contributed by atoms with Gasteiger partial charge in [-0.3, -0.25) is 0 Å². The first-order valence-corrected chi connectivity index (χ1v) is 4.04. The fourth-order valence-corrected chi connectivity index (χ4v) is 0.751. The van der Waals surface area contributed by atoms with Crippen molar-refractivity contribution in [2.75, 3.05) is 5.33 Å². The third-order valence-corrected chi connectivity index (χ3v) is 1.39. The molecule has 0 amide bonds. The topological polar surface area (TPSA) is 0 Å². The Kier molecular flexibility index (Phi) is 8.32. The zero-order valence-electron chi connectivity index (χ0n) is 5.23. The summed E-state index contributed by atoms with van der Waals surface area (Å²) in [5.41, 5.74) is 0. The van der Waals surface area contributed by atoms with Gasteiger partial charge in [0.15, 0.2) is 0 Å². The van der Waals surface area contributed by atoms with E-state index in [4.69, 9.17) is 0 Å². The molecule has 0 aliphatic heterocycles. The molecule has 0 nitrogen and oxygen atoms in total. The van der Waals surface area contributed by atoms with Crippen LogP contribution >= 0.6 is 15.9 Å². The van der Waals surface area contributed by atoms with E-state index in [-0.39, 0.29) is 0 Å². The molecule has 0 aliphatic rings. The Morgan fingerprint density at radius 2 is 2.25 bits per heavy atom. The fourth-order valence-electron chi connectivity index (χ4n) is 0.427. The van der Waals surface area contributed by atoms with Gasteiger partial charge in [0, 0.05) is 12.4 Å². The summed E-state index contributed by atoms with van der Waals surface area (Å²) in [5.74, 6) is 0. The Morgan fingerprint density at radius 3 is 2.75 bits per heavy atom. The second-order valence-corrected chi connectivity index (χ2v) is 2.39. The summed E-state index contributed by atoms with van der Waals surface area (Å²) in [5, 5.41) is 1.11. The molecule has 0 heterocycles. The van der Waals surface area contributed by atoms with E-state index in [2.05, 4.69) is 30.2 Å². The summed E-state index contributed by atoms with van der Waals surface area (Å²) in [4.78, 5) is 0. The average Bonchev–Trinajstić information content (AvgIpc) is 1.81. The van der Waals surface area contributed by atoms with Gasteiger partial charge in [-0.2, -0.15) is 0 Å². The third-order valence-electron chi connectivity index (χ3n) is 0.833. The molecule has 0 saturated carbocycles. The van der Waals surface area contributed by atoms with Gasteiger partial charge < -0.3 is 0 Å². The molecule has 41 valence electrons. The van der Waals surface area contributed by atoms with E-state index in [1.54, 1.807) is 0 Å². The molecule has 0 bridgehead atoms. The van der Waals surface area contributed by atoms with Crippen LogP contribution in [0.4, 0.5) is 0 Å². The second kappa shape index (κ2) is 7.67. The molecule has 3 radical (unpaired) electrons. The predicted octanol–water partition coefficient (Wildman–Crippen LogP) is 1.18. The number of hydrogen-bond acceptors (Lipinski definition) is 0. The van der Waals surface area contributed by atoms with Crippen LogP contribution in [0, 0.1) is 0 Å². The normalized spacial score (nSPS) is 8.25. The van der Waals surface area contributed by atoms with Crippen molar-refractivity contribution in [1.29, 1.82) is 0 Å². The van der Waals surface area contributed by atoms with Crippen molar-refractivity contribution in [3.05, 3.63) is 0 Å². The molecular weight excluding hydrogens is 160 g/mol. The van der Waals surface area contributed by atoms with Gasteiger partial charge in [0.25, 0.3) is 0 Å². The van der Waals surface area contributed by atoms with Crippen LogP contribution in [0.25, 0.3) is 0 Å². The quantitative estimate of drug-likeness (QED) is 0.329. The van der Waals surface area contributed by atoms with Crippen molar-refractivity contribution < 1.29 is 0 Å². The van der Waals surface area contributed by atoms with Crippen LogP contribution in [0.3, 0.4) is 0 Å². The fraction of sp³-hybridized carbons (Fsp3) is 1.00. The minimum Gasteiger partial charge on any atom is -0.101 e. The van der Waals surface area contributed by atoms with E-state index in [0.717, 1.165) is 5.33 Å². The highest BCUT2D eigenvalue weighted by molar-refractivity contribution is 9.09. The largest absolute Gasteiger partial charge is 0.101 e. The van der Waals surface area contributed by atoms with Gasteiger partial charge >= 0.3 is 0 Å². The van der Waals surface area contributed by atoms with Crippen LogP contribution in [0.1, 0.15) is 6.42 Å². The van der Waals surface area contributed by atoms with Crippen molar-refractivity contribution in [2.45, 2.75) is 19.6 Å². The van der Waals surface area contributed by atoms with Gasteiger partial charge in [0.05, 0.1) is 14.3 Å². The molecule has 0 fully saturated rings. The highest BCUT2D eigenvalue weighted by Crippen LogP contribution is 1.91. The Balaban J connectivity index is 2.53. The van der Waals surface area contributed by atoms with Crippen LogP contribution in [0.5, 0.6) is 0 Å². The van der Waals surface area contributed by atoms with Gasteiger partial charge in [-0.05, 0) is 0 Å². The molecule has 0 aliphatic carbocycles. The van der Waals surface area contributed by atoms with Crippen molar-refractivity contribution in [3.8, 4) is 0 Å². The van der Waals surface area contributed by atoms with Gasteiger partial charge in [0.2, 0.25) is 0 Å². The lowest BCUT2D eigenvalue weighted by Gasteiger charge is -1.89. The first-order chi connectivity index (χ1) is 3.91. The number of alkyl halides is 1. The van der Waals surface area contributed by atoms with Crippen LogP contribution in [0.2, 0.25) is 13.1 Å². The first-order valence-electron chi connectivity index (χ1n) is 2.92. The molecule has 0 aromatic rings. The van der Waals surface area contributed by atoms with Crippen molar-refractivity contribution in [3.63, 3.8) is 0 Å². The number of rotatable bonds is 5. The minimum atomic E-state index is 1.11. The molecule has 8 heavy (non-hydrogen) atoms. The maximum atomic E-state index is 3.36. The highest BCUT2D eigenvalue weighted by Gasteiger charge is 1.87. The minimum absolute atomic E-state index is 1.11. The summed E-state index contributed by atoms with van der Waals surface area (Å²) in [6, 6.07) is 0. The lowest BCUT2D eigenvalue weighted by atomic mass is 9.19. The highest BCUT2D eigenvalue weighted by atomic mass is 79.9. The SMILES string of the molecule is C[B][B][B]CCCBr. The Bertz CT molecular complexity index is 36.3. The summed E-state index contributed by atoms with van der Waals surface area (Å²) in [6.07, 6.45) is 2.43. The van der Waals surface area contributed by atoms with Crippen molar-refractivity contribution >= 4 is 37.3 Å². The lowest BCUT2D eigenvalue weighted by molar-refractivity contribution is 1.11. The van der Waals surface area contributed by atoms with Crippen molar-refractivity contribution in [2.24, 2.45) is 0 Å². The standard InChI is InChI=1S/C4H9B3Br/c1-5-7-6-3-2-4-8/h2-4H2,1H3. The summed E-state index contributed by atoms with van der Waals surface area (Å²) in [7, 11) is 6.32. The van der Waals surface area contributed by atoms with Gasteiger partial charge in [-0.15, -0.1) is 6.82 Å². The summed E-state index contributed by atoms with van der Waals surface area (Å²) >= 11 is 3.36. The van der Waals surface area contributed by atoms with E-state index in [0.29, 0.717) is 0 Å². The first kappa shape index (κ1) is 8.67. The van der Waals surface area contributed by atoms with Gasteiger partial charge in [0.1, 0.15) is 0 Å². The third kappa shape index (κ3) is 6.67. The van der Waals surface area contributed by atoms with Crippen LogP contribution in [-0.2, 0) is 0 Å². The maximum absolute atomic E-state index is 3.36. The molecule has 0 N–H and O–H groups in total. The molecule has 0 aromatic heterocycles. The zero-order chi connectivity index (χ0) is 6.24. The molecule has 0 atom stereocenters. The predicted molar refractivity (Wildman–Crippen MR) is 46.3 cm³/mol. The lowest BCUT2D eigenvalue weighted by Crippen LogP contribution is -2.08. The van der Waals surface area contributed by atoms with Crippen molar-refractivity contribution in [1.82, 2.24) is 0 Å². The smallest absolute Gasteiger partial charge is 0.0553 e. The Labute approximate surface area is 62.6 Å². The second-order valence-electron chi connectivity index (χ2n) is 1.59. The van der Waals surface area contributed by atoms with Gasteiger partial charge in [-0.25, -0.2) is 0 Å². The number of halogens is 1. The molecule has 0 aromatic carbocycles. The Hall–Kier alpha value is 0.675. The molecule has 0 saturated heterocycles. The number of hydrogen-bond donors (Lipinski definition) is 0. The van der Waals surface area contributed by atoms with E-state index in [1.165, 1.54) is 12.7 Å². The average molecular weight is 169 g/mol. The Morgan fingerprint density at radius 1 is 1.50 bits per heavy atom. The molecule has 4 heteroatoms. The molecular formula is C4H9B3Br. The molecule has 0 spiro atoms. The summed E-state index contributed by atoms with van der Waals surface area (Å²) in [6.45, 7) is 2.03. The van der Waals surface area contributed by atoms with Crippen LogP contribution in [0.15, 0.2) is 0 Å².